The minimum Gasteiger partial charge on any atom is -0.306 e. The fourth-order valence-electron chi connectivity index (χ4n) is 2.47. The molecule has 2 aromatic heterocycles. The van der Waals surface area contributed by atoms with E-state index in [1.807, 2.05) is 41.1 Å². The van der Waals surface area contributed by atoms with Crippen LogP contribution >= 0.6 is 11.8 Å². The minimum absolute atomic E-state index is 0.557. The Morgan fingerprint density at radius 2 is 1.95 bits per heavy atom. The van der Waals surface area contributed by atoms with Crippen LogP contribution in [-0.4, -0.2) is 19.8 Å². The van der Waals surface area contributed by atoms with Crippen molar-refractivity contribution in [1.29, 1.82) is 0 Å². The molecule has 112 valence electrons. The van der Waals surface area contributed by atoms with Crippen LogP contribution in [0, 0.1) is 6.92 Å². The van der Waals surface area contributed by atoms with E-state index < -0.39 is 0 Å². The average molecular weight is 309 g/mol. The first-order valence-corrected chi connectivity index (χ1v) is 8.24. The van der Waals surface area contributed by atoms with Gasteiger partial charge in [0.2, 0.25) is 0 Å². The third-order valence-electron chi connectivity index (χ3n) is 3.42. The fraction of sp³-hybridized carbons (Fsp3) is 0.222. The minimum atomic E-state index is 0.557. The zero-order chi connectivity index (χ0) is 15.5. The normalized spacial score (nSPS) is 11.1. The molecular formula is C18H19N3S. The van der Waals surface area contributed by atoms with E-state index in [2.05, 4.69) is 55.0 Å². The third-order valence-corrected chi connectivity index (χ3v) is 4.42. The summed E-state index contributed by atoms with van der Waals surface area (Å²) >= 11 is 1.87. The van der Waals surface area contributed by atoms with E-state index >= 15 is 0 Å². The summed E-state index contributed by atoms with van der Waals surface area (Å²) in [6, 6.07) is 10.7. The number of hydrogen-bond acceptors (Lipinski definition) is 3. The maximum Gasteiger partial charge on any atom is 0.0991 e. The first-order chi connectivity index (χ1) is 10.6. The Hall–Kier alpha value is -2.07. The molecule has 0 atom stereocenters. The molecule has 0 radical (unpaired) electrons. The van der Waals surface area contributed by atoms with Gasteiger partial charge in [0.25, 0.3) is 0 Å². The molecule has 0 aliphatic carbocycles. The largest absolute Gasteiger partial charge is 0.306 e. The molecule has 22 heavy (non-hydrogen) atoms. The van der Waals surface area contributed by atoms with Gasteiger partial charge in [0.05, 0.1) is 12.0 Å². The molecule has 0 N–H and O–H groups in total. The highest BCUT2D eigenvalue weighted by Crippen LogP contribution is 2.33. The van der Waals surface area contributed by atoms with E-state index in [0.29, 0.717) is 5.25 Å². The summed E-state index contributed by atoms with van der Waals surface area (Å²) in [7, 11) is 0. The van der Waals surface area contributed by atoms with Gasteiger partial charge in [-0.1, -0.05) is 19.9 Å². The molecule has 0 saturated heterocycles. The predicted molar refractivity (Wildman–Crippen MR) is 92.5 cm³/mol. The molecular weight excluding hydrogens is 290 g/mol. The highest BCUT2D eigenvalue weighted by Gasteiger charge is 2.11. The topological polar surface area (TPSA) is 30.7 Å². The van der Waals surface area contributed by atoms with Gasteiger partial charge in [-0.25, -0.2) is 4.98 Å². The summed E-state index contributed by atoms with van der Waals surface area (Å²) in [5.41, 5.74) is 4.52. The molecule has 3 nitrogen and oxygen atoms in total. The lowest BCUT2D eigenvalue weighted by atomic mass is 10.0. The molecule has 0 aliphatic heterocycles. The summed E-state index contributed by atoms with van der Waals surface area (Å²) in [5.74, 6) is 0. The summed E-state index contributed by atoms with van der Waals surface area (Å²) in [6.45, 7) is 6.47. The fourth-order valence-corrected chi connectivity index (χ4v) is 3.35. The third kappa shape index (κ3) is 3.07. The van der Waals surface area contributed by atoms with Crippen molar-refractivity contribution in [3.8, 4) is 16.8 Å². The van der Waals surface area contributed by atoms with Crippen LogP contribution in [-0.2, 0) is 0 Å². The molecule has 0 aliphatic rings. The lowest BCUT2D eigenvalue weighted by molar-refractivity contribution is 1.05. The number of pyridine rings is 1. The zero-order valence-corrected chi connectivity index (χ0v) is 13.8. The summed E-state index contributed by atoms with van der Waals surface area (Å²) in [5, 5.41) is 0.557. The van der Waals surface area contributed by atoms with E-state index in [-0.39, 0.29) is 0 Å². The lowest BCUT2D eigenvalue weighted by Gasteiger charge is -2.15. The van der Waals surface area contributed by atoms with Gasteiger partial charge in [0.15, 0.2) is 0 Å². The number of hydrogen-bond donors (Lipinski definition) is 0. The Kier molecular flexibility index (Phi) is 4.29. The smallest absolute Gasteiger partial charge is 0.0991 e. The van der Waals surface area contributed by atoms with Crippen molar-refractivity contribution in [1.82, 2.24) is 14.5 Å². The first kappa shape index (κ1) is 14.9. The molecule has 0 unspecified atom stereocenters. The van der Waals surface area contributed by atoms with Crippen LogP contribution in [0.3, 0.4) is 0 Å². The molecule has 0 fully saturated rings. The summed E-state index contributed by atoms with van der Waals surface area (Å²) in [4.78, 5) is 9.88. The number of benzene rings is 1. The molecule has 0 bridgehead atoms. The van der Waals surface area contributed by atoms with Gasteiger partial charge < -0.3 is 4.57 Å². The van der Waals surface area contributed by atoms with Crippen molar-refractivity contribution in [3.05, 3.63) is 60.9 Å². The van der Waals surface area contributed by atoms with Gasteiger partial charge in [-0.05, 0) is 31.2 Å². The zero-order valence-electron chi connectivity index (χ0n) is 13.0. The molecule has 3 rings (SSSR count). The Bertz CT molecular complexity index is 764. The van der Waals surface area contributed by atoms with Gasteiger partial charge >= 0.3 is 0 Å². The maximum atomic E-state index is 4.44. The van der Waals surface area contributed by atoms with Gasteiger partial charge in [0, 0.05) is 45.6 Å². The van der Waals surface area contributed by atoms with E-state index in [1.165, 1.54) is 10.5 Å². The molecule has 3 aromatic rings. The molecule has 0 amide bonds. The van der Waals surface area contributed by atoms with Crippen LogP contribution < -0.4 is 0 Å². The second kappa shape index (κ2) is 6.36. The van der Waals surface area contributed by atoms with Crippen molar-refractivity contribution in [3.63, 3.8) is 0 Å². The Morgan fingerprint density at radius 3 is 2.64 bits per heavy atom. The Morgan fingerprint density at radius 1 is 1.09 bits per heavy atom. The van der Waals surface area contributed by atoms with Crippen LogP contribution in [0.15, 0.2) is 60.1 Å². The van der Waals surface area contributed by atoms with E-state index in [0.717, 1.165) is 16.9 Å². The number of imidazole rings is 1. The SMILES string of the molecule is Cc1ncccc1-c1cc(SC(C)C)ccc1-n1ccnc1. The van der Waals surface area contributed by atoms with Crippen molar-refractivity contribution >= 4 is 11.8 Å². The average Bonchev–Trinajstić information content (AvgIpc) is 3.01. The second-order valence-electron chi connectivity index (χ2n) is 5.45. The second-order valence-corrected chi connectivity index (χ2v) is 7.10. The molecule has 0 saturated carbocycles. The van der Waals surface area contributed by atoms with Gasteiger partial charge in [-0.3, -0.25) is 4.98 Å². The van der Waals surface area contributed by atoms with Crippen LogP contribution in [0.2, 0.25) is 0 Å². The standard InChI is InChI=1S/C18H19N3S/c1-13(2)22-15-6-7-18(21-10-9-19-12-21)17(11-15)16-5-4-8-20-14(16)3/h4-13H,1-3H3. The van der Waals surface area contributed by atoms with Crippen LogP contribution in [0.4, 0.5) is 0 Å². The number of thioether (sulfide) groups is 1. The van der Waals surface area contributed by atoms with Crippen molar-refractivity contribution in [2.24, 2.45) is 0 Å². The van der Waals surface area contributed by atoms with Gasteiger partial charge in [0.1, 0.15) is 0 Å². The molecule has 4 heteroatoms. The summed E-state index contributed by atoms with van der Waals surface area (Å²) in [6.07, 6.45) is 7.44. The van der Waals surface area contributed by atoms with Gasteiger partial charge in [-0.15, -0.1) is 11.8 Å². The molecule has 0 spiro atoms. The van der Waals surface area contributed by atoms with Crippen LogP contribution in [0.5, 0.6) is 0 Å². The van der Waals surface area contributed by atoms with Crippen LogP contribution in [0.1, 0.15) is 19.5 Å². The maximum absolute atomic E-state index is 4.44. The monoisotopic (exact) mass is 309 g/mol. The van der Waals surface area contributed by atoms with E-state index in [9.17, 15) is 0 Å². The number of aromatic nitrogens is 3. The first-order valence-electron chi connectivity index (χ1n) is 7.36. The van der Waals surface area contributed by atoms with Gasteiger partial charge in [-0.2, -0.15) is 0 Å². The quantitative estimate of drug-likeness (QED) is 0.652. The Balaban J connectivity index is 2.17. The van der Waals surface area contributed by atoms with Crippen LogP contribution in [0.25, 0.3) is 16.8 Å². The van der Waals surface area contributed by atoms with E-state index in [4.69, 9.17) is 0 Å². The van der Waals surface area contributed by atoms with Crippen molar-refractivity contribution in [2.45, 2.75) is 30.9 Å². The number of rotatable bonds is 4. The summed E-state index contributed by atoms with van der Waals surface area (Å²) < 4.78 is 2.05. The highest BCUT2D eigenvalue weighted by atomic mass is 32.2. The van der Waals surface area contributed by atoms with Crippen molar-refractivity contribution < 1.29 is 0 Å². The predicted octanol–water partition coefficient (Wildman–Crippen LogP) is 4.74. The number of aryl methyl sites for hydroxylation is 1. The Labute approximate surface area is 135 Å². The van der Waals surface area contributed by atoms with Crippen molar-refractivity contribution in [2.75, 3.05) is 0 Å². The highest BCUT2D eigenvalue weighted by molar-refractivity contribution is 7.99. The molecule has 2 heterocycles. The lowest BCUT2D eigenvalue weighted by Crippen LogP contribution is -1.97. The number of nitrogens with zero attached hydrogens (tertiary/aromatic N) is 3. The molecule has 1 aromatic carbocycles. The van der Waals surface area contributed by atoms with E-state index in [1.54, 1.807) is 6.20 Å².